The summed E-state index contributed by atoms with van der Waals surface area (Å²) in [6.07, 6.45) is 5.66. The molecule has 2 fully saturated rings. The summed E-state index contributed by atoms with van der Waals surface area (Å²) in [5, 5.41) is 9.92. The average molecular weight is 317 g/mol. The number of allylic oxidation sites excluding steroid dienone is 3. The van der Waals surface area contributed by atoms with Gasteiger partial charge in [0.15, 0.2) is 17.3 Å². The van der Waals surface area contributed by atoms with E-state index in [1.165, 1.54) is 0 Å². The zero-order valence-electron chi connectivity index (χ0n) is 13.1. The lowest BCUT2D eigenvalue weighted by Crippen LogP contribution is -2.35. The third kappa shape index (κ3) is 2.52. The van der Waals surface area contributed by atoms with Crippen LogP contribution in [0.25, 0.3) is 0 Å². The fourth-order valence-corrected chi connectivity index (χ4v) is 3.60. The molecule has 2 unspecified atom stereocenters. The van der Waals surface area contributed by atoms with E-state index >= 15 is 0 Å². The van der Waals surface area contributed by atoms with Crippen LogP contribution < -0.4 is 0 Å². The van der Waals surface area contributed by atoms with Gasteiger partial charge in [0, 0.05) is 12.3 Å². The van der Waals surface area contributed by atoms with Crippen LogP contribution in [0.15, 0.2) is 40.3 Å². The number of carbonyl (C=O) groups excluding carboxylic acids is 1. The van der Waals surface area contributed by atoms with Crippen LogP contribution in [0.4, 0.5) is 0 Å². The first-order chi connectivity index (χ1) is 10.9. The van der Waals surface area contributed by atoms with Crippen molar-refractivity contribution in [1.82, 2.24) is 0 Å². The molecule has 0 spiro atoms. The number of nitrogens with zero attached hydrogens (tertiary/aromatic N) is 1. The summed E-state index contributed by atoms with van der Waals surface area (Å²) in [6.45, 7) is 3.83. The van der Waals surface area contributed by atoms with E-state index in [2.05, 4.69) is 4.99 Å². The van der Waals surface area contributed by atoms with Crippen molar-refractivity contribution in [3.8, 4) is 0 Å². The molecule has 122 valence electrons. The predicted molar refractivity (Wildman–Crippen MR) is 81.4 cm³/mol. The molecule has 1 saturated carbocycles. The molecule has 3 atom stereocenters. The van der Waals surface area contributed by atoms with Gasteiger partial charge in [-0.3, -0.25) is 9.79 Å². The first-order valence-corrected chi connectivity index (χ1v) is 7.79. The zero-order valence-corrected chi connectivity index (χ0v) is 13.1. The van der Waals surface area contributed by atoms with Crippen molar-refractivity contribution in [2.24, 2.45) is 16.8 Å². The molecule has 23 heavy (non-hydrogen) atoms. The topological polar surface area (TPSA) is 77.4 Å². The summed E-state index contributed by atoms with van der Waals surface area (Å²) in [5.41, 5.74) is 1.75. The molecule has 0 bridgehead atoms. The van der Waals surface area contributed by atoms with E-state index in [-0.39, 0.29) is 30.8 Å². The Balaban J connectivity index is 1.68. The fraction of sp³-hybridized carbons (Fsp3) is 0.529. The van der Waals surface area contributed by atoms with E-state index < -0.39 is 11.9 Å². The van der Waals surface area contributed by atoms with Crippen molar-refractivity contribution in [2.45, 2.75) is 32.2 Å². The smallest absolute Gasteiger partial charge is 0.231 e. The molecule has 1 saturated heterocycles. The summed E-state index contributed by atoms with van der Waals surface area (Å²) in [6, 6.07) is 0. The van der Waals surface area contributed by atoms with E-state index in [4.69, 9.17) is 14.2 Å². The molecule has 6 nitrogen and oxygen atoms in total. The second kappa shape index (κ2) is 5.04. The Labute approximate surface area is 134 Å². The minimum atomic E-state index is -1.30. The summed E-state index contributed by atoms with van der Waals surface area (Å²) >= 11 is 0. The highest BCUT2D eigenvalue weighted by molar-refractivity contribution is 6.15. The van der Waals surface area contributed by atoms with Gasteiger partial charge in [-0.15, -0.1) is 0 Å². The van der Waals surface area contributed by atoms with Gasteiger partial charge in [-0.05, 0) is 31.6 Å². The Morgan fingerprint density at radius 1 is 1.35 bits per heavy atom. The second-order valence-electron chi connectivity index (χ2n) is 6.64. The predicted octanol–water partition coefficient (Wildman–Crippen LogP) is 1.47. The van der Waals surface area contributed by atoms with Crippen molar-refractivity contribution in [3.05, 3.63) is 35.3 Å². The number of fused-ring (bicyclic) bond motifs is 4. The molecule has 2 aliphatic carbocycles. The van der Waals surface area contributed by atoms with Gasteiger partial charge in [0.05, 0.1) is 18.2 Å². The molecule has 4 aliphatic rings. The van der Waals surface area contributed by atoms with E-state index in [0.29, 0.717) is 18.1 Å². The molecule has 0 radical (unpaired) electrons. The van der Waals surface area contributed by atoms with Crippen molar-refractivity contribution in [2.75, 3.05) is 13.3 Å². The average Bonchev–Trinajstić information content (AvgIpc) is 2.95. The van der Waals surface area contributed by atoms with Crippen LogP contribution in [0, 0.1) is 11.8 Å². The van der Waals surface area contributed by atoms with Gasteiger partial charge in [-0.25, -0.2) is 0 Å². The van der Waals surface area contributed by atoms with E-state index in [1.54, 1.807) is 13.8 Å². The molecule has 0 aromatic rings. The van der Waals surface area contributed by atoms with E-state index in [9.17, 15) is 9.90 Å². The maximum atomic E-state index is 12.6. The number of carbonyl (C=O) groups is 1. The molecule has 4 rings (SSSR count). The lowest BCUT2D eigenvalue weighted by Gasteiger charge is -2.26. The number of hydrogen-bond donors (Lipinski definition) is 1. The quantitative estimate of drug-likeness (QED) is 0.781. The Morgan fingerprint density at radius 3 is 2.91 bits per heavy atom. The first kappa shape index (κ1) is 14.7. The molecule has 2 heterocycles. The summed E-state index contributed by atoms with van der Waals surface area (Å²) in [5.74, 6) is -0.279. The first-order valence-electron chi connectivity index (χ1n) is 7.79. The monoisotopic (exact) mass is 317 g/mol. The molecule has 0 amide bonds. The van der Waals surface area contributed by atoms with Crippen LogP contribution in [0.1, 0.15) is 20.3 Å². The van der Waals surface area contributed by atoms with Crippen LogP contribution >= 0.6 is 0 Å². The summed E-state index contributed by atoms with van der Waals surface area (Å²) in [4.78, 5) is 17.2. The normalized spacial score (nSPS) is 32.3. The van der Waals surface area contributed by atoms with E-state index in [0.717, 1.165) is 11.3 Å². The van der Waals surface area contributed by atoms with Gasteiger partial charge in [0.2, 0.25) is 6.79 Å². The van der Waals surface area contributed by atoms with Gasteiger partial charge in [-0.2, -0.15) is 0 Å². The van der Waals surface area contributed by atoms with Crippen LogP contribution in [0.3, 0.4) is 0 Å². The van der Waals surface area contributed by atoms with Crippen LogP contribution in [-0.4, -0.2) is 41.8 Å². The van der Waals surface area contributed by atoms with Gasteiger partial charge in [-0.1, -0.05) is 6.08 Å². The number of Topliss-reactive ketones (excluding diaryl/α,β-unsaturated/α-hetero) is 1. The Hall–Kier alpha value is -1.92. The van der Waals surface area contributed by atoms with E-state index in [1.807, 2.05) is 18.2 Å². The summed E-state index contributed by atoms with van der Waals surface area (Å²) < 4.78 is 16.5. The van der Waals surface area contributed by atoms with Crippen molar-refractivity contribution >= 4 is 11.5 Å². The third-order valence-electron chi connectivity index (χ3n) is 4.46. The maximum Gasteiger partial charge on any atom is 0.231 e. The second-order valence-corrected chi connectivity index (χ2v) is 6.64. The van der Waals surface area contributed by atoms with Gasteiger partial charge >= 0.3 is 0 Å². The molecule has 0 aromatic carbocycles. The van der Waals surface area contributed by atoms with Crippen molar-refractivity contribution < 1.29 is 24.1 Å². The molecule has 0 aromatic heterocycles. The number of rotatable bonds is 2. The molecular formula is C17H19NO5. The van der Waals surface area contributed by atoms with Crippen molar-refractivity contribution in [1.29, 1.82) is 0 Å². The molecular weight excluding hydrogens is 298 g/mol. The maximum absolute atomic E-state index is 12.6. The number of aliphatic hydroxyl groups is 1. The standard InChI is InChI=1S/C17H19NO5/c1-17(2,20)23-14-7-11(19)15-10-6-13-12(21-8-22-13)5-9(10)3-4-18-16(14)15/h3,5-6,10,14-15,20H,4,7-8H2,1-2H3/t10-,14?,15?/m0/s1. The van der Waals surface area contributed by atoms with Crippen molar-refractivity contribution in [3.63, 3.8) is 0 Å². The van der Waals surface area contributed by atoms with Gasteiger partial charge in [0.25, 0.3) is 0 Å². The number of hydrogen-bond acceptors (Lipinski definition) is 6. The van der Waals surface area contributed by atoms with Gasteiger partial charge in [0.1, 0.15) is 11.9 Å². The Morgan fingerprint density at radius 2 is 2.13 bits per heavy atom. The minimum absolute atomic E-state index is 0.0865. The van der Waals surface area contributed by atoms with Crippen LogP contribution in [-0.2, 0) is 19.0 Å². The highest BCUT2D eigenvalue weighted by Crippen LogP contribution is 2.41. The lowest BCUT2D eigenvalue weighted by atomic mass is 9.80. The lowest BCUT2D eigenvalue weighted by molar-refractivity contribution is -0.189. The van der Waals surface area contributed by atoms with Gasteiger partial charge < -0.3 is 19.3 Å². The molecule has 6 heteroatoms. The summed E-state index contributed by atoms with van der Waals surface area (Å²) in [7, 11) is 0. The highest BCUT2D eigenvalue weighted by Gasteiger charge is 2.47. The van der Waals surface area contributed by atoms with Crippen LogP contribution in [0.2, 0.25) is 0 Å². The SMILES string of the molecule is CC(C)(O)OC1CC(=O)C2C1=NCC=C1C=C3OCOC3=C[C@@H]12. The Kier molecular flexibility index (Phi) is 3.21. The fourth-order valence-electron chi connectivity index (χ4n) is 3.60. The number of aliphatic imine (C=N–C) groups is 1. The molecule has 1 N–H and O–H groups in total. The largest absolute Gasteiger partial charge is 0.454 e. The number of ether oxygens (including phenoxy) is 3. The van der Waals surface area contributed by atoms with Crippen LogP contribution in [0.5, 0.6) is 0 Å². The Bertz CT molecular complexity index is 680. The molecule has 2 aliphatic heterocycles. The highest BCUT2D eigenvalue weighted by atomic mass is 16.7. The number of ketones is 1. The zero-order chi connectivity index (χ0) is 16.2. The third-order valence-corrected chi connectivity index (χ3v) is 4.46. The minimum Gasteiger partial charge on any atom is -0.454 e.